The summed E-state index contributed by atoms with van der Waals surface area (Å²) in [5.74, 6) is -0.905. The summed E-state index contributed by atoms with van der Waals surface area (Å²) in [7, 11) is 0. The number of unbranched alkanes of at least 4 members (excludes halogenated alkanes) is 24. The van der Waals surface area contributed by atoms with Crippen molar-refractivity contribution in [3.63, 3.8) is 0 Å². The molecular formula is C48H86O6. The highest BCUT2D eigenvalue weighted by molar-refractivity contribution is 5.71. The van der Waals surface area contributed by atoms with Crippen LogP contribution in [0.25, 0.3) is 0 Å². The van der Waals surface area contributed by atoms with Crippen LogP contribution in [0, 0.1) is 0 Å². The van der Waals surface area contributed by atoms with Crippen LogP contribution >= 0.6 is 0 Å². The van der Waals surface area contributed by atoms with Gasteiger partial charge in [0, 0.05) is 19.3 Å². The van der Waals surface area contributed by atoms with Crippen LogP contribution in [-0.4, -0.2) is 37.2 Å². The summed E-state index contributed by atoms with van der Waals surface area (Å²) in [6, 6.07) is 0. The van der Waals surface area contributed by atoms with Crippen LogP contribution in [0.4, 0.5) is 0 Å². The number of carbonyl (C=O) groups is 3. The Labute approximate surface area is 334 Å². The van der Waals surface area contributed by atoms with Gasteiger partial charge in [0.2, 0.25) is 0 Å². The van der Waals surface area contributed by atoms with E-state index in [0.29, 0.717) is 19.3 Å². The number of hydrogen-bond donors (Lipinski definition) is 0. The van der Waals surface area contributed by atoms with E-state index >= 15 is 0 Å². The molecule has 54 heavy (non-hydrogen) atoms. The van der Waals surface area contributed by atoms with E-state index in [2.05, 4.69) is 57.2 Å². The quantitative estimate of drug-likeness (QED) is 0.0267. The molecule has 0 heterocycles. The van der Waals surface area contributed by atoms with Gasteiger partial charge in [-0.25, -0.2) is 0 Å². The highest BCUT2D eigenvalue weighted by Crippen LogP contribution is 2.14. The summed E-state index contributed by atoms with van der Waals surface area (Å²) < 4.78 is 16.7. The van der Waals surface area contributed by atoms with Gasteiger partial charge in [0.25, 0.3) is 0 Å². The number of allylic oxidation sites excluding steroid dienone is 6. The third-order valence-corrected chi connectivity index (χ3v) is 9.85. The van der Waals surface area contributed by atoms with Crippen LogP contribution in [0.5, 0.6) is 0 Å². The first-order chi connectivity index (χ1) is 26.5. The van der Waals surface area contributed by atoms with Gasteiger partial charge in [-0.3, -0.25) is 14.4 Å². The molecule has 6 nitrogen and oxygen atoms in total. The predicted octanol–water partition coefficient (Wildman–Crippen LogP) is 14.6. The highest BCUT2D eigenvalue weighted by atomic mass is 16.6. The molecule has 0 aliphatic carbocycles. The lowest BCUT2D eigenvalue weighted by molar-refractivity contribution is -0.167. The van der Waals surface area contributed by atoms with Crippen LogP contribution in [-0.2, 0) is 28.6 Å². The Morgan fingerprint density at radius 3 is 1.11 bits per heavy atom. The average molecular weight is 759 g/mol. The van der Waals surface area contributed by atoms with Gasteiger partial charge in [-0.15, -0.1) is 0 Å². The molecule has 0 amide bonds. The van der Waals surface area contributed by atoms with E-state index in [0.717, 1.165) is 96.3 Å². The van der Waals surface area contributed by atoms with Crippen molar-refractivity contribution in [3.8, 4) is 0 Å². The van der Waals surface area contributed by atoms with Gasteiger partial charge in [0.05, 0.1) is 0 Å². The first kappa shape index (κ1) is 51.6. The van der Waals surface area contributed by atoms with Crippen molar-refractivity contribution in [1.82, 2.24) is 0 Å². The lowest BCUT2D eigenvalue weighted by Gasteiger charge is -2.18. The summed E-state index contributed by atoms with van der Waals surface area (Å²) in [6.07, 6.45) is 48.4. The van der Waals surface area contributed by atoms with Crippen LogP contribution in [0.2, 0.25) is 0 Å². The summed E-state index contributed by atoms with van der Waals surface area (Å²) in [4.78, 5) is 37.6. The van der Waals surface area contributed by atoms with Crippen molar-refractivity contribution in [3.05, 3.63) is 36.5 Å². The fourth-order valence-corrected chi connectivity index (χ4v) is 6.36. The molecule has 0 bridgehead atoms. The minimum absolute atomic E-state index is 0.0792. The molecule has 0 aromatic carbocycles. The molecule has 0 aliphatic rings. The van der Waals surface area contributed by atoms with E-state index in [1.54, 1.807) is 0 Å². The fraction of sp³-hybridized carbons (Fsp3) is 0.812. The maximum Gasteiger partial charge on any atom is 0.306 e. The molecule has 0 spiro atoms. The summed E-state index contributed by atoms with van der Waals surface area (Å²) in [5.41, 5.74) is 0. The molecule has 1 unspecified atom stereocenters. The lowest BCUT2D eigenvalue weighted by atomic mass is 10.1. The van der Waals surface area contributed by atoms with Gasteiger partial charge < -0.3 is 14.2 Å². The molecule has 0 saturated carbocycles. The smallest absolute Gasteiger partial charge is 0.306 e. The molecule has 0 aromatic rings. The summed E-state index contributed by atoms with van der Waals surface area (Å²) >= 11 is 0. The van der Waals surface area contributed by atoms with E-state index in [-0.39, 0.29) is 31.1 Å². The van der Waals surface area contributed by atoms with E-state index < -0.39 is 6.10 Å². The van der Waals surface area contributed by atoms with Crippen molar-refractivity contribution in [1.29, 1.82) is 0 Å². The Balaban J connectivity index is 4.35. The molecule has 0 saturated heterocycles. The van der Waals surface area contributed by atoms with Gasteiger partial charge in [0.1, 0.15) is 13.2 Å². The molecule has 0 fully saturated rings. The van der Waals surface area contributed by atoms with E-state index in [4.69, 9.17) is 14.2 Å². The molecule has 6 heteroatoms. The molecule has 314 valence electrons. The maximum atomic E-state index is 12.7. The minimum atomic E-state index is -0.776. The van der Waals surface area contributed by atoms with Gasteiger partial charge in [-0.2, -0.15) is 0 Å². The molecule has 0 aliphatic heterocycles. The number of rotatable bonds is 41. The highest BCUT2D eigenvalue weighted by Gasteiger charge is 2.19. The van der Waals surface area contributed by atoms with Crippen LogP contribution < -0.4 is 0 Å². The molecule has 0 aromatic heterocycles. The number of hydrogen-bond acceptors (Lipinski definition) is 6. The van der Waals surface area contributed by atoms with Crippen molar-refractivity contribution >= 4 is 17.9 Å². The zero-order chi connectivity index (χ0) is 39.4. The second kappa shape index (κ2) is 43.4. The third-order valence-electron chi connectivity index (χ3n) is 9.85. The number of carbonyl (C=O) groups excluding carboxylic acids is 3. The van der Waals surface area contributed by atoms with Crippen LogP contribution in [0.3, 0.4) is 0 Å². The second-order valence-electron chi connectivity index (χ2n) is 15.3. The van der Waals surface area contributed by atoms with E-state index in [1.807, 2.05) is 0 Å². The number of ether oxygens (including phenoxy) is 3. The lowest BCUT2D eigenvalue weighted by Crippen LogP contribution is -2.30. The Hall–Kier alpha value is -2.37. The van der Waals surface area contributed by atoms with Crippen molar-refractivity contribution < 1.29 is 28.6 Å². The average Bonchev–Trinajstić information content (AvgIpc) is 3.17. The van der Waals surface area contributed by atoms with Crippen molar-refractivity contribution in [2.24, 2.45) is 0 Å². The van der Waals surface area contributed by atoms with E-state index in [9.17, 15) is 14.4 Å². The zero-order valence-electron chi connectivity index (χ0n) is 35.7. The molecule has 1 atom stereocenters. The van der Waals surface area contributed by atoms with Crippen molar-refractivity contribution in [2.45, 2.75) is 239 Å². The Morgan fingerprint density at radius 1 is 0.370 bits per heavy atom. The van der Waals surface area contributed by atoms with Gasteiger partial charge in [-0.05, 0) is 70.6 Å². The van der Waals surface area contributed by atoms with Crippen LogP contribution in [0.1, 0.15) is 233 Å². The summed E-state index contributed by atoms with van der Waals surface area (Å²) in [5, 5.41) is 0. The number of esters is 3. The SMILES string of the molecule is CCC/C=C\C/C=C\CCCCCCCC(=O)OC(COC(=O)CCCCCCC/C=C\CCCCCCCC)COC(=O)CCCCCCCCCC. The Kier molecular flexibility index (Phi) is 41.5. The molecule has 0 N–H and O–H groups in total. The predicted molar refractivity (Wildman–Crippen MR) is 229 cm³/mol. The van der Waals surface area contributed by atoms with Gasteiger partial charge in [-0.1, -0.05) is 179 Å². The standard InChI is InChI=1S/C48H86O6/c1-4-7-10-13-16-19-21-23-24-26-27-29-32-35-38-41-47(50)53-44-45(43-52-46(49)40-37-34-31-18-15-12-9-6-3)54-48(51)42-39-36-33-30-28-25-22-20-17-14-11-8-5-2/h11,14,20,22-24,45H,4-10,12-13,15-19,21,25-44H2,1-3H3/b14-11-,22-20-,24-23-. The van der Waals surface area contributed by atoms with Gasteiger partial charge in [0.15, 0.2) is 6.10 Å². The topological polar surface area (TPSA) is 78.9 Å². The Morgan fingerprint density at radius 2 is 0.704 bits per heavy atom. The first-order valence-corrected chi connectivity index (χ1v) is 23.0. The molecule has 0 radical (unpaired) electrons. The summed E-state index contributed by atoms with van der Waals surface area (Å²) in [6.45, 7) is 6.51. The maximum absolute atomic E-state index is 12.7. The Bertz CT molecular complexity index is 922. The van der Waals surface area contributed by atoms with Crippen molar-refractivity contribution in [2.75, 3.05) is 13.2 Å². The normalized spacial score (nSPS) is 12.3. The zero-order valence-corrected chi connectivity index (χ0v) is 35.7. The molecular weight excluding hydrogens is 673 g/mol. The van der Waals surface area contributed by atoms with Crippen LogP contribution in [0.15, 0.2) is 36.5 Å². The van der Waals surface area contributed by atoms with Gasteiger partial charge >= 0.3 is 17.9 Å². The largest absolute Gasteiger partial charge is 0.462 e. The monoisotopic (exact) mass is 759 g/mol. The first-order valence-electron chi connectivity index (χ1n) is 23.0. The minimum Gasteiger partial charge on any atom is -0.462 e. The second-order valence-corrected chi connectivity index (χ2v) is 15.3. The fourth-order valence-electron chi connectivity index (χ4n) is 6.36. The molecule has 0 rings (SSSR count). The third kappa shape index (κ3) is 40.8. The van der Waals surface area contributed by atoms with E-state index in [1.165, 1.54) is 96.3 Å².